The molecule has 4 N–H and O–H groups in total. The highest BCUT2D eigenvalue weighted by Crippen LogP contribution is 2.13. The van der Waals surface area contributed by atoms with E-state index in [9.17, 15) is 13.2 Å². The topological polar surface area (TPSA) is 101 Å². The molecule has 7 heteroatoms. The number of nitrogens with two attached hydrogens (primary N) is 1. The summed E-state index contributed by atoms with van der Waals surface area (Å²) in [4.78, 5) is 11.1. The van der Waals surface area contributed by atoms with Gasteiger partial charge in [0.05, 0.1) is 4.90 Å². The van der Waals surface area contributed by atoms with Crippen LogP contribution >= 0.6 is 0 Å². The summed E-state index contributed by atoms with van der Waals surface area (Å²) in [5.41, 5.74) is 0.373. The molecule has 0 spiro atoms. The average Bonchev–Trinajstić information content (AvgIpc) is 2.17. The maximum atomic E-state index is 11.2. The number of hydrogen-bond acceptors (Lipinski definition) is 3. The van der Waals surface area contributed by atoms with Crippen molar-refractivity contribution in [3.8, 4) is 0 Å². The molecule has 0 unspecified atom stereocenters. The molecule has 0 bridgehead atoms. The molecule has 0 saturated heterocycles. The normalized spacial score (nSPS) is 10.9. The number of nitrogens with one attached hydrogen (secondary N) is 2. The van der Waals surface area contributed by atoms with Crippen molar-refractivity contribution in [1.82, 2.24) is 5.32 Å². The molecule has 0 heterocycles. The lowest BCUT2D eigenvalue weighted by atomic mass is 10.3. The first-order chi connectivity index (χ1) is 7.43. The highest BCUT2D eigenvalue weighted by Gasteiger charge is 2.08. The van der Waals surface area contributed by atoms with Crippen LogP contribution in [0.25, 0.3) is 0 Å². The second-order valence-corrected chi connectivity index (χ2v) is 4.62. The van der Waals surface area contributed by atoms with E-state index in [1.165, 1.54) is 18.2 Å². The van der Waals surface area contributed by atoms with E-state index >= 15 is 0 Å². The Balaban J connectivity index is 2.88. The van der Waals surface area contributed by atoms with Gasteiger partial charge in [-0.1, -0.05) is 6.07 Å². The SMILES string of the molecule is CCNC(=O)Nc1cccc(S(N)(=O)=O)c1. The molecule has 0 aromatic heterocycles. The van der Waals surface area contributed by atoms with Crippen LogP contribution < -0.4 is 15.8 Å². The minimum absolute atomic E-state index is 0.0400. The van der Waals surface area contributed by atoms with Gasteiger partial charge in [-0.15, -0.1) is 0 Å². The van der Waals surface area contributed by atoms with Crippen molar-refractivity contribution in [2.75, 3.05) is 11.9 Å². The number of rotatable bonds is 3. The van der Waals surface area contributed by atoms with E-state index in [-0.39, 0.29) is 4.90 Å². The Kier molecular flexibility index (Phi) is 3.86. The molecule has 1 aromatic rings. The number of sulfonamides is 1. The van der Waals surface area contributed by atoms with Gasteiger partial charge >= 0.3 is 6.03 Å². The summed E-state index contributed by atoms with van der Waals surface area (Å²) in [6.07, 6.45) is 0. The summed E-state index contributed by atoms with van der Waals surface area (Å²) in [6, 6.07) is 5.34. The van der Waals surface area contributed by atoms with E-state index < -0.39 is 16.1 Å². The smallest absolute Gasteiger partial charge is 0.319 e. The molecule has 2 amide bonds. The van der Waals surface area contributed by atoms with E-state index in [0.717, 1.165) is 0 Å². The Hall–Kier alpha value is -1.60. The van der Waals surface area contributed by atoms with Crippen molar-refractivity contribution in [2.45, 2.75) is 11.8 Å². The van der Waals surface area contributed by atoms with Crippen molar-refractivity contribution in [3.05, 3.63) is 24.3 Å². The summed E-state index contributed by atoms with van der Waals surface area (Å²) in [5.74, 6) is 0. The molecular formula is C9H13N3O3S. The van der Waals surface area contributed by atoms with Gasteiger partial charge in [0, 0.05) is 12.2 Å². The van der Waals surface area contributed by atoms with Gasteiger partial charge in [-0.3, -0.25) is 0 Å². The Bertz CT molecular complexity index is 485. The van der Waals surface area contributed by atoms with Gasteiger partial charge in [0.2, 0.25) is 10.0 Å². The van der Waals surface area contributed by atoms with Crippen LogP contribution in [0.2, 0.25) is 0 Å². The van der Waals surface area contributed by atoms with Crippen LogP contribution in [0.5, 0.6) is 0 Å². The third-order valence-corrected chi connectivity index (χ3v) is 2.67. The zero-order valence-corrected chi connectivity index (χ0v) is 9.54. The van der Waals surface area contributed by atoms with Crippen LogP contribution in [-0.2, 0) is 10.0 Å². The summed E-state index contributed by atoms with van der Waals surface area (Å²) < 4.78 is 22.1. The van der Waals surface area contributed by atoms with Crippen LogP contribution in [-0.4, -0.2) is 21.0 Å². The fourth-order valence-corrected chi connectivity index (χ4v) is 1.65. The fourth-order valence-electron chi connectivity index (χ4n) is 1.09. The van der Waals surface area contributed by atoms with Crippen LogP contribution in [0.1, 0.15) is 6.92 Å². The Morgan fingerprint density at radius 2 is 2.12 bits per heavy atom. The van der Waals surface area contributed by atoms with Crippen molar-refractivity contribution in [2.24, 2.45) is 5.14 Å². The minimum atomic E-state index is -3.75. The highest BCUT2D eigenvalue weighted by atomic mass is 32.2. The van der Waals surface area contributed by atoms with E-state index in [4.69, 9.17) is 5.14 Å². The number of carbonyl (C=O) groups is 1. The molecule has 0 radical (unpaired) electrons. The lowest BCUT2D eigenvalue weighted by molar-refractivity contribution is 0.252. The standard InChI is InChI=1S/C9H13N3O3S/c1-2-11-9(13)12-7-4-3-5-8(6-7)16(10,14)15/h3-6H,2H2,1H3,(H2,10,14,15)(H2,11,12,13). The predicted octanol–water partition coefficient (Wildman–Crippen LogP) is 0.475. The Morgan fingerprint density at radius 1 is 1.44 bits per heavy atom. The van der Waals surface area contributed by atoms with Gasteiger partial charge in [-0.05, 0) is 25.1 Å². The molecule has 0 fully saturated rings. The third kappa shape index (κ3) is 3.52. The van der Waals surface area contributed by atoms with Gasteiger partial charge < -0.3 is 10.6 Å². The first-order valence-corrected chi connectivity index (χ1v) is 6.16. The van der Waals surface area contributed by atoms with Crippen LogP contribution in [0.3, 0.4) is 0 Å². The number of carbonyl (C=O) groups excluding carboxylic acids is 1. The molecule has 16 heavy (non-hydrogen) atoms. The molecule has 1 aromatic carbocycles. The average molecular weight is 243 g/mol. The lowest BCUT2D eigenvalue weighted by Crippen LogP contribution is -2.28. The van der Waals surface area contributed by atoms with Gasteiger partial charge in [0.1, 0.15) is 0 Å². The monoisotopic (exact) mass is 243 g/mol. The zero-order valence-electron chi connectivity index (χ0n) is 8.73. The summed E-state index contributed by atoms with van der Waals surface area (Å²) in [6.45, 7) is 2.26. The fraction of sp³-hybridized carbons (Fsp3) is 0.222. The quantitative estimate of drug-likeness (QED) is 0.719. The Labute approximate surface area is 93.9 Å². The van der Waals surface area contributed by atoms with Crippen LogP contribution in [0.15, 0.2) is 29.2 Å². The maximum Gasteiger partial charge on any atom is 0.319 e. The third-order valence-electron chi connectivity index (χ3n) is 1.76. The number of primary sulfonamides is 1. The van der Waals surface area contributed by atoms with Crippen molar-refractivity contribution in [1.29, 1.82) is 0 Å². The molecule has 1 rings (SSSR count). The number of hydrogen-bond donors (Lipinski definition) is 3. The van der Waals surface area contributed by atoms with Crippen LogP contribution in [0, 0.1) is 0 Å². The number of anilines is 1. The molecule has 0 aliphatic heterocycles. The largest absolute Gasteiger partial charge is 0.338 e. The van der Waals surface area contributed by atoms with Crippen LogP contribution in [0.4, 0.5) is 10.5 Å². The molecule has 0 aliphatic rings. The van der Waals surface area contributed by atoms with Gasteiger partial charge in [-0.25, -0.2) is 18.4 Å². The van der Waals surface area contributed by atoms with Gasteiger partial charge in [0.25, 0.3) is 0 Å². The van der Waals surface area contributed by atoms with Crippen molar-refractivity contribution < 1.29 is 13.2 Å². The van der Waals surface area contributed by atoms with E-state index in [1.807, 2.05) is 0 Å². The first kappa shape index (κ1) is 12.5. The highest BCUT2D eigenvalue weighted by molar-refractivity contribution is 7.89. The van der Waals surface area contributed by atoms with E-state index in [2.05, 4.69) is 10.6 Å². The summed E-state index contributed by atoms with van der Waals surface area (Å²) >= 11 is 0. The molecule has 0 atom stereocenters. The number of benzene rings is 1. The summed E-state index contributed by atoms with van der Waals surface area (Å²) in [5, 5.41) is 9.97. The second-order valence-electron chi connectivity index (χ2n) is 3.06. The molecule has 88 valence electrons. The Morgan fingerprint density at radius 3 is 2.69 bits per heavy atom. The molecule has 6 nitrogen and oxygen atoms in total. The number of amides is 2. The second kappa shape index (κ2) is 4.95. The summed E-state index contributed by atoms with van der Waals surface area (Å²) in [7, 11) is -3.75. The van der Waals surface area contributed by atoms with Crippen molar-refractivity contribution >= 4 is 21.7 Å². The van der Waals surface area contributed by atoms with Gasteiger partial charge in [0.15, 0.2) is 0 Å². The van der Waals surface area contributed by atoms with Gasteiger partial charge in [-0.2, -0.15) is 0 Å². The number of urea groups is 1. The lowest BCUT2D eigenvalue weighted by Gasteiger charge is -2.06. The maximum absolute atomic E-state index is 11.2. The van der Waals surface area contributed by atoms with E-state index in [1.54, 1.807) is 13.0 Å². The predicted molar refractivity (Wildman–Crippen MR) is 60.5 cm³/mol. The zero-order chi connectivity index (χ0) is 12.2. The minimum Gasteiger partial charge on any atom is -0.338 e. The molecule has 0 saturated carbocycles. The van der Waals surface area contributed by atoms with Crippen molar-refractivity contribution in [3.63, 3.8) is 0 Å². The molecule has 0 aliphatic carbocycles. The molecular weight excluding hydrogens is 230 g/mol. The van der Waals surface area contributed by atoms with E-state index in [0.29, 0.717) is 12.2 Å². The first-order valence-electron chi connectivity index (χ1n) is 4.61.